The first kappa shape index (κ1) is 14.8. The molecule has 22 heavy (non-hydrogen) atoms. The second kappa shape index (κ2) is 5.96. The van der Waals surface area contributed by atoms with Crippen molar-refractivity contribution in [3.05, 3.63) is 52.9 Å². The zero-order valence-electron chi connectivity index (χ0n) is 12.0. The number of halogens is 1. The molecule has 114 valence electrons. The summed E-state index contributed by atoms with van der Waals surface area (Å²) < 4.78 is 6.05. The molecule has 6 heteroatoms. The molecule has 1 atom stereocenters. The number of nitrogens with zero attached hydrogens (tertiary/aromatic N) is 2. The molecule has 0 bridgehead atoms. The Labute approximate surface area is 136 Å². The van der Waals surface area contributed by atoms with Gasteiger partial charge in [0.2, 0.25) is 5.91 Å². The largest absolute Gasteiger partial charge is 0.459 e. The van der Waals surface area contributed by atoms with E-state index in [9.17, 15) is 9.59 Å². The van der Waals surface area contributed by atoms with Crippen LogP contribution in [0.25, 0.3) is 0 Å². The second-order valence-electron chi connectivity index (χ2n) is 5.12. The number of rotatable bonds is 2. The quantitative estimate of drug-likeness (QED) is 0.825. The molecule has 0 saturated carbocycles. The van der Waals surface area contributed by atoms with E-state index in [1.54, 1.807) is 28.9 Å². The highest BCUT2D eigenvalue weighted by atomic mass is 79.9. The van der Waals surface area contributed by atoms with Gasteiger partial charge in [0.15, 0.2) is 5.76 Å². The van der Waals surface area contributed by atoms with Gasteiger partial charge in [-0.2, -0.15) is 0 Å². The Morgan fingerprint density at radius 3 is 2.77 bits per heavy atom. The summed E-state index contributed by atoms with van der Waals surface area (Å²) in [7, 11) is 0. The van der Waals surface area contributed by atoms with Gasteiger partial charge in [-0.25, -0.2) is 0 Å². The molecule has 0 spiro atoms. The number of hydrogen-bond acceptors (Lipinski definition) is 3. The van der Waals surface area contributed by atoms with Crippen molar-refractivity contribution in [1.29, 1.82) is 0 Å². The molecule has 0 aliphatic carbocycles. The van der Waals surface area contributed by atoms with E-state index in [1.165, 1.54) is 6.26 Å². The Bertz CT molecular complexity index is 699. The lowest BCUT2D eigenvalue weighted by atomic mass is 10.1. The Hall–Kier alpha value is -2.08. The van der Waals surface area contributed by atoms with Crippen molar-refractivity contribution >= 4 is 33.4 Å². The number of carbonyl (C=O) groups is 2. The van der Waals surface area contributed by atoms with Crippen molar-refractivity contribution in [2.75, 3.05) is 18.0 Å². The van der Waals surface area contributed by atoms with Crippen LogP contribution in [-0.4, -0.2) is 35.8 Å². The first-order valence-electron chi connectivity index (χ1n) is 6.99. The third-order valence-electron chi connectivity index (χ3n) is 3.77. The standard InChI is InChI=1S/C16H15BrN2O3/c1-11-15(20)19(13-5-2-4-12(17)10-13)8-7-18(11)16(21)14-6-3-9-22-14/h2-6,9-11H,7-8H2,1H3/t11-/m0/s1. The predicted octanol–water partition coefficient (Wildman–Crippen LogP) is 2.92. The van der Waals surface area contributed by atoms with Crippen LogP contribution in [0.15, 0.2) is 51.6 Å². The zero-order valence-corrected chi connectivity index (χ0v) is 13.6. The summed E-state index contributed by atoms with van der Waals surface area (Å²) in [6.07, 6.45) is 1.46. The number of anilines is 1. The van der Waals surface area contributed by atoms with Crippen molar-refractivity contribution in [3.8, 4) is 0 Å². The number of amides is 2. The maximum absolute atomic E-state index is 12.6. The smallest absolute Gasteiger partial charge is 0.290 e. The van der Waals surface area contributed by atoms with E-state index in [4.69, 9.17) is 4.42 Å². The molecule has 2 amide bonds. The van der Waals surface area contributed by atoms with E-state index in [2.05, 4.69) is 15.9 Å². The Kier molecular flexibility index (Phi) is 4.02. The summed E-state index contributed by atoms with van der Waals surface area (Å²) in [6.45, 7) is 2.68. The third kappa shape index (κ3) is 2.66. The molecular formula is C16H15BrN2O3. The van der Waals surface area contributed by atoms with E-state index in [-0.39, 0.29) is 17.6 Å². The highest BCUT2D eigenvalue weighted by Crippen LogP contribution is 2.24. The molecule has 1 fully saturated rings. The van der Waals surface area contributed by atoms with Crippen LogP contribution in [0.4, 0.5) is 5.69 Å². The summed E-state index contributed by atoms with van der Waals surface area (Å²) in [5, 5.41) is 0. The van der Waals surface area contributed by atoms with E-state index in [1.807, 2.05) is 24.3 Å². The minimum Gasteiger partial charge on any atom is -0.459 e. The summed E-state index contributed by atoms with van der Waals surface area (Å²) in [6, 6.07) is 10.3. The van der Waals surface area contributed by atoms with E-state index < -0.39 is 6.04 Å². The summed E-state index contributed by atoms with van der Waals surface area (Å²) in [5.74, 6) is -0.0837. The summed E-state index contributed by atoms with van der Waals surface area (Å²) >= 11 is 3.41. The van der Waals surface area contributed by atoms with E-state index >= 15 is 0 Å². The van der Waals surface area contributed by atoms with Gasteiger partial charge in [-0.1, -0.05) is 22.0 Å². The van der Waals surface area contributed by atoms with Crippen molar-refractivity contribution in [2.45, 2.75) is 13.0 Å². The lowest BCUT2D eigenvalue weighted by Gasteiger charge is -2.38. The van der Waals surface area contributed by atoms with Crippen molar-refractivity contribution < 1.29 is 14.0 Å². The number of carbonyl (C=O) groups excluding carboxylic acids is 2. The maximum atomic E-state index is 12.6. The normalized spacial score (nSPS) is 18.6. The molecule has 1 saturated heterocycles. The maximum Gasteiger partial charge on any atom is 0.290 e. The molecule has 0 radical (unpaired) electrons. The average Bonchev–Trinajstić information content (AvgIpc) is 3.03. The highest BCUT2D eigenvalue weighted by Gasteiger charge is 2.36. The number of piperazine rings is 1. The molecule has 0 unspecified atom stereocenters. The van der Waals surface area contributed by atoms with Crippen LogP contribution >= 0.6 is 15.9 Å². The van der Waals surface area contributed by atoms with Gasteiger partial charge in [0.05, 0.1) is 6.26 Å². The molecule has 1 aromatic heterocycles. The van der Waals surface area contributed by atoms with Crippen LogP contribution in [0.1, 0.15) is 17.5 Å². The molecule has 2 heterocycles. The topological polar surface area (TPSA) is 53.8 Å². The lowest BCUT2D eigenvalue weighted by molar-refractivity contribution is -0.124. The van der Waals surface area contributed by atoms with Crippen LogP contribution in [0.3, 0.4) is 0 Å². The molecule has 3 rings (SSSR count). The first-order chi connectivity index (χ1) is 10.6. The molecule has 1 aromatic carbocycles. The van der Waals surface area contributed by atoms with Gasteiger partial charge in [0, 0.05) is 23.2 Å². The molecule has 1 aliphatic rings. The first-order valence-corrected chi connectivity index (χ1v) is 7.78. The van der Waals surface area contributed by atoms with Crippen LogP contribution in [0, 0.1) is 0 Å². The van der Waals surface area contributed by atoms with Crippen molar-refractivity contribution in [3.63, 3.8) is 0 Å². The van der Waals surface area contributed by atoms with Crippen molar-refractivity contribution in [1.82, 2.24) is 4.90 Å². The molecule has 5 nitrogen and oxygen atoms in total. The number of benzene rings is 1. The Morgan fingerprint density at radius 2 is 2.09 bits per heavy atom. The van der Waals surface area contributed by atoms with E-state index in [0.29, 0.717) is 13.1 Å². The highest BCUT2D eigenvalue weighted by molar-refractivity contribution is 9.10. The molecule has 2 aromatic rings. The lowest BCUT2D eigenvalue weighted by Crippen LogP contribution is -2.57. The predicted molar refractivity (Wildman–Crippen MR) is 85.7 cm³/mol. The monoisotopic (exact) mass is 362 g/mol. The molecular weight excluding hydrogens is 348 g/mol. The molecule has 1 aliphatic heterocycles. The average molecular weight is 363 g/mol. The van der Waals surface area contributed by atoms with Gasteiger partial charge in [-0.3, -0.25) is 9.59 Å². The fraction of sp³-hybridized carbons (Fsp3) is 0.250. The van der Waals surface area contributed by atoms with Crippen molar-refractivity contribution in [2.24, 2.45) is 0 Å². The fourth-order valence-electron chi connectivity index (χ4n) is 2.59. The summed E-state index contributed by atoms with van der Waals surface area (Å²) in [5.41, 5.74) is 0.830. The Balaban J connectivity index is 1.80. The SMILES string of the molecule is C[C@H]1C(=O)N(c2cccc(Br)c2)CCN1C(=O)c1ccco1. The minimum absolute atomic E-state index is 0.0933. The second-order valence-corrected chi connectivity index (χ2v) is 6.04. The molecule has 0 N–H and O–H groups in total. The van der Waals surface area contributed by atoms with E-state index in [0.717, 1.165) is 10.2 Å². The van der Waals surface area contributed by atoms with Crippen LogP contribution < -0.4 is 4.90 Å². The number of hydrogen-bond donors (Lipinski definition) is 0. The zero-order chi connectivity index (χ0) is 15.7. The van der Waals surface area contributed by atoms with Crippen LogP contribution in [0.5, 0.6) is 0 Å². The third-order valence-corrected chi connectivity index (χ3v) is 4.26. The Morgan fingerprint density at radius 1 is 1.27 bits per heavy atom. The fourth-order valence-corrected chi connectivity index (χ4v) is 2.98. The van der Waals surface area contributed by atoms with Gasteiger partial charge in [-0.15, -0.1) is 0 Å². The van der Waals surface area contributed by atoms with Gasteiger partial charge >= 0.3 is 0 Å². The van der Waals surface area contributed by atoms with Gasteiger partial charge < -0.3 is 14.2 Å². The van der Waals surface area contributed by atoms with Crippen LogP contribution in [0.2, 0.25) is 0 Å². The van der Waals surface area contributed by atoms with Gasteiger partial charge in [0.25, 0.3) is 5.91 Å². The van der Waals surface area contributed by atoms with Gasteiger partial charge in [0.1, 0.15) is 6.04 Å². The number of furan rings is 1. The summed E-state index contributed by atoms with van der Waals surface area (Å²) in [4.78, 5) is 28.2. The minimum atomic E-state index is -0.523. The van der Waals surface area contributed by atoms with Crippen LogP contribution in [-0.2, 0) is 4.79 Å². The van der Waals surface area contributed by atoms with Gasteiger partial charge in [-0.05, 0) is 37.3 Å².